The Labute approximate surface area is 291 Å². The normalized spacial score (nSPS) is 13.1. The summed E-state index contributed by atoms with van der Waals surface area (Å²) in [5.74, 6) is 1.97. The summed E-state index contributed by atoms with van der Waals surface area (Å²) < 4.78 is 8.71. The van der Waals surface area contributed by atoms with Crippen molar-refractivity contribution >= 4 is 38.9 Å². The summed E-state index contributed by atoms with van der Waals surface area (Å²) in [5.41, 5.74) is 7.68. The van der Waals surface area contributed by atoms with Crippen molar-refractivity contribution in [3.05, 3.63) is 121 Å². The van der Waals surface area contributed by atoms with Gasteiger partial charge in [-0.2, -0.15) is 18.0 Å². The van der Waals surface area contributed by atoms with E-state index in [-0.39, 0.29) is 31.9 Å². The number of nitrogens with zero attached hydrogens (tertiary/aromatic N) is 5. The Morgan fingerprint density at radius 2 is 1.53 bits per heavy atom. The summed E-state index contributed by atoms with van der Waals surface area (Å²) in [6.07, 6.45) is 1.86. The smallest absolute Gasteiger partial charge is 0.135 e. The molecule has 7 heteroatoms. The van der Waals surface area contributed by atoms with Crippen LogP contribution in [0.4, 0.5) is 17.1 Å². The van der Waals surface area contributed by atoms with E-state index in [2.05, 4.69) is 136 Å². The van der Waals surface area contributed by atoms with Gasteiger partial charge in [0.15, 0.2) is 0 Å². The summed E-state index contributed by atoms with van der Waals surface area (Å²) in [4.78, 5) is 9.06. The molecular weight excluding hydrogens is 762 g/mol. The first-order chi connectivity index (χ1) is 21.9. The van der Waals surface area contributed by atoms with E-state index in [1.54, 1.807) is 0 Å². The van der Waals surface area contributed by atoms with Crippen LogP contribution in [0.15, 0.2) is 85.1 Å². The zero-order chi connectivity index (χ0) is 32.4. The number of ether oxygens (including phenoxy) is 1. The van der Waals surface area contributed by atoms with Gasteiger partial charge in [0, 0.05) is 55.7 Å². The topological polar surface area (TPSA) is 57.3 Å². The molecule has 6 nitrogen and oxygen atoms in total. The predicted octanol–water partition coefficient (Wildman–Crippen LogP) is 9.74. The number of aromatic nitrogens is 2. The number of rotatable bonds is 4. The van der Waals surface area contributed by atoms with E-state index in [4.69, 9.17) is 9.72 Å². The molecule has 0 spiro atoms. The molecule has 0 amide bonds. The van der Waals surface area contributed by atoms with Crippen molar-refractivity contribution in [2.24, 2.45) is 0 Å². The molecule has 0 atom stereocenters. The summed E-state index contributed by atoms with van der Waals surface area (Å²) in [6.45, 7) is 15.3. The third kappa shape index (κ3) is 5.90. The van der Waals surface area contributed by atoms with Crippen LogP contribution in [0.3, 0.4) is 0 Å². The number of nitriles is 1. The van der Waals surface area contributed by atoms with Crippen LogP contribution in [0.25, 0.3) is 27.6 Å². The Morgan fingerprint density at radius 3 is 2.26 bits per heavy atom. The van der Waals surface area contributed by atoms with Crippen molar-refractivity contribution < 1.29 is 25.8 Å². The van der Waals surface area contributed by atoms with Crippen molar-refractivity contribution in [1.29, 1.82) is 5.26 Å². The molecule has 0 aliphatic carbocycles. The Hall–Kier alpha value is -4.59. The SMILES string of the molecule is CN1[CH-]N(c2[c-]c(Oc3[c-]c4c(cc3)c3cc(C#N)ccc3n4-c3cc(C(C)(C)C)ccn3)cc(C(C)(C)C)c2)c2ccccc21.[Pt]. The first-order valence-corrected chi connectivity index (χ1v) is 15.5. The standard InChI is InChI=1S/C40H36N5O.Pt/c1-39(2,3)27-16-17-42-38(21-27)45-34-15-12-26(24-41)18-33(34)32-14-13-30(23-37(32)45)46-31-20-28(40(4,5)6)19-29(22-31)44-25-43(7)35-10-8-9-11-36(35)44;/h8-21,25H,1-7H3;/q-3;. The fourth-order valence-electron chi connectivity index (χ4n) is 6.02. The third-order valence-corrected chi connectivity index (χ3v) is 8.60. The maximum Gasteiger partial charge on any atom is 0.135 e. The number of benzene rings is 4. The van der Waals surface area contributed by atoms with Gasteiger partial charge < -0.3 is 19.1 Å². The van der Waals surface area contributed by atoms with Gasteiger partial charge in [0.05, 0.1) is 11.6 Å². The molecule has 0 saturated heterocycles. The molecule has 0 radical (unpaired) electrons. The largest absolute Gasteiger partial charge is 0.509 e. The van der Waals surface area contributed by atoms with Crippen LogP contribution in [0, 0.1) is 30.1 Å². The summed E-state index contributed by atoms with van der Waals surface area (Å²) in [7, 11) is 2.05. The first-order valence-electron chi connectivity index (χ1n) is 15.5. The average molecular weight is 798 g/mol. The fourth-order valence-corrected chi connectivity index (χ4v) is 6.02. The molecule has 2 aromatic heterocycles. The molecule has 3 heterocycles. The Bertz CT molecular complexity index is 2180. The number of fused-ring (bicyclic) bond motifs is 4. The Morgan fingerprint density at radius 1 is 0.787 bits per heavy atom. The van der Waals surface area contributed by atoms with E-state index < -0.39 is 0 Å². The van der Waals surface area contributed by atoms with Crippen molar-refractivity contribution in [1.82, 2.24) is 9.55 Å². The van der Waals surface area contributed by atoms with Gasteiger partial charge in [-0.1, -0.05) is 59.2 Å². The first kappa shape index (κ1) is 32.4. The predicted molar refractivity (Wildman–Crippen MR) is 186 cm³/mol. The molecular formula is C40H36N5OPt-3. The van der Waals surface area contributed by atoms with Crippen LogP contribution in [0.1, 0.15) is 58.2 Å². The van der Waals surface area contributed by atoms with Crippen LogP contribution in [-0.2, 0) is 31.9 Å². The second kappa shape index (κ2) is 11.9. The van der Waals surface area contributed by atoms with E-state index in [0.717, 1.165) is 50.2 Å². The molecule has 0 bridgehead atoms. The van der Waals surface area contributed by atoms with E-state index in [9.17, 15) is 5.26 Å². The minimum Gasteiger partial charge on any atom is -0.509 e. The summed E-state index contributed by atoms with van der Waals surface area (Å²) >= 11 is 0. The Balaban J connectivity index is 0.00000386. The maximum absolute atomic E-state index is 9.67. The number of para-hydroxylation sites is 2. The molecule has 240 valence electrons. The number of anilines is 3. The van der Waals surface area contributed by atoms with Crippen molar-refractivity contribution in [3.63, 3.8) is 0 Å². The fraction of sp³-hybridized carbons (Fsp3) is 0.225. The minimum absolute atomic E-state index is 0. The maximum atomic E-state index is 9.67. The number of hydrogen-bond acceptors (Lipinski definition) is 5. The van der Waals surface area contributed by atoms with E-state index >= 15 is 0 Å². The quantitative estimate of drug-likeness (QED) is 0.166. The van der Waals surface area contributed by atoms with E-state index in [1.165, 1.54) is 5.56 Å². The van der Waals surface area contributed by atoms with Crippen molar-refractivity contribution in [2.75, 3.05) is 16.8 Å². The van der Waals surface area contributed by atoms with Crippen LogP contribution < -0.4 is 14.5 Å². The van der Waals surface area contributed by atoms with Gasteiger partial charge >= 0.3 is 0 Å². The molecule has 0 unspecified atom stereocenters. The van der Waals surface area contributed by atoms with Gasteiger partial charge in [-0.3, -0.25) is 0 Å². The van der Waals surface area contributed by atoms with Crippen molar-refractivity contribution in [3.8, 4) is 23.4 Å². The van der Waals surface area contributed by atoms with Gasteiger partial charge in [-0.15, -0.1) is 47.0 Å². The Kier molecular flexibility index (Phi) is 8.18. The van der Waals surface area contributed by atoms with Crippen LogP contribution >= 0.6 is 0 Å². The van der Waals surface area contributed by atoms with Gasteiger partial charge in [0.2, 0.25) is 0 Å². The van der Waals surface area contributed by atoms with E-state index in [0.29, 0.717) is 17.1 Å². The van der Waals surface area contributed by atoms with Crippen LogP contribution in [-0.4, -0.2) is 16.6 Å². The van der Waals surface area contributed by atoms with Crippen LogP contribution in [0.2, 0.25) is 0 Å². The zero-order valence-electron chi connectivity index (χ0n) is 27.6. The second-order valence-corrected chi connectivity index (χ2v) is 14.0. The summed E-state index contributed by atoms with van der Waals surface area (Å²) in [6, 6.07) is 35.9. The second-order valence-electron chi connectivity index (χ2n) is 14.0. The number of pyridine rings is 1. The molecule has 0 saturated carbocycles. The van der Waals surface area contributed by atoms with Crippen molar-refractivity contribution in [2.45, 2.75) is 52.4 Å². The third-order valence-electron chi connectivity index (χ3n) is 8.60. The molecule has 7 rings (SSSR count). The van der Waals surface area contributed by atoms with Gasteiger partial charge in [0.1, 0.15) is 5.82 Å². The molecule has 1 aliphatic rings. The molecule has 6 aromatic rings. The molecule has 4 aromatic carbocycles. The minimum atomic E-state index is -0.116. The van der Waals surface area contributed by atoms with Crippen LogP contribution in [0.5, 0.6) is 11.5 Å². The molecule has 0 fully saturated rings. The zero-order valence-corrected chi connectivity index (χ0v) is 29.9. The number of hydrogen-bond donors (Lipinski definition) is 0. The monoisotopic (exact) mass is 797 g/mol. The van der Waals surface area contributed by atoms with Gasteiger partial charge in [-0.05, 0) is 71.3 Å². The van der Waals surface area contributed by atoms with E-state index in [1.807, 2.05) is 36.5 Å². The molecule has 47 heavy (non-hydrogen) atoms. The molecule has 0 N–H and O–H groups in total. The van der Waals surface area contributed by atoms with Gasteiger partial charge in [-0.25, -0.2) is 4.98 Å². The average Bonchev–Trinajstić information content (AvgIpc) is 3.54. The molecule has 1 aliphatic heterocycles. The van der Waals surface area contributed by atoms with Gasteiger partial charge in [0.25, 0.3) is 0 Å². The summed E-state index contributed by atoms with van der Waals surface area (Å²) in [5, 5.41) is 11.6.